The van der Waals surface area contributed by atoms with E-state index in [9.17, 15) is 4.79 Å². The van der Waals surface area contributed by atoms with Gasteiger partial charge in [-0.3, -0.25) is 4.79 Å². The molecule has 4 aromatic rings. The topological polar surface area (TPSA) is 38.3 Å². The second kappa shape index (κ2) is 10.1. The van der Waals surface area contributed by atoms with Crippen LogP contribution in [-0.2, 0) is 0 Å². The van der Waals surface area contributed by atoms with Gasteiger partial charge in [0, 0.05) is 22.4 Å². The van der Waals surface area contributed by atoms with Gasteiger partial charge in [0.15, 0.2) is 5.78 Å². The Labute approximate surface area is 188 Å². The molecule has 4 aromatic carbocycles. The fourth-order valence-electron chi connectivity index (χ4n) is 3.35. The predicted octanol–water partition coefficient (Wildman–Crippen LogP) is 6.13. The lowest BCUT2D eigenvalue weighted by atomic mass is 9.96. The number of methoxy groups -OCH3 is 1. The Kier molecular flexibility index (Phi) is 6.65. The fraction of sp³-hybridized carbons (Fsp3) is 0.0690. The molecule has 1 atom stereocenters. The van der Waals surface area contributed by atoms with Gasteiger partial charge in [0.1, 0.15) is 11.8 Å². The van der Waals surface area contributed by atoms with E-state index in [-0.39, 0.29) is 5.78 Å². The van der Waals surface area contributed by atoms with Crippen molar-refractivity contribution in [2.24, 2.45) is 0 Å². The monoisotopic (exact) mass is 417 g/mol. The minimum Gasteiger partial charge on any atom is -0.497 e. The molecule has 0 fully saturated rings. The predicted molar refractivity (Wildman–Crippen MR) is 129 cm³/mol. The zero-order valence-electron chi connectivity index (χ0n) is 17.8. The summed E-state index contributed by atoms with van der Waals surface area (Å²) in [5, 5.41) is 3.38. The highest BCUT2D eigenvalue weighted by molar-refractivity contribution is 6.02. The molecule has 0 saturated heterocycles. The minimum atomic E-state index is -0.526. The summed E-state index contributed by atoms with van der Waals surface area (Å²) in [6, 6.07) is 34.0. The highest BCUT2D eigenvalue weighted by atomic mass is 16.5. The Morgan fingerprint density at radius 2 is 1.28 bits per heavy atom. The van der Waals surface area contributed by atoms with Crippen molar-refractivity contribution in [1.82, 2.24) is 0 Å². The van der Waals surface area contributed by atoms with Gasteiger partial charge in [-0.1, -0.05) is 72.5 Å². The van der Waals surface area contributed by atoms with Crippen LogP contribution in [0.2, 0.25) is 0 Å². The smallest absolute Gasteiger partial charge is 0.189 e. The number of nitrogens with one attached hydrogen (secondary N) is 1. The molecule has 0 aromatic heterocycles. The Hall–Kier alpha value is -4.29. The van der Waals surface area contributed by atoms with Crippen molar-refractivity contribution < 1.29 is 9.53 Å². The quantitative estimate of drug-likeness (QED) is 0.303. The van der Waals surface area contributed by atoms with E-state index in [1.165, 1.54) is 0 Å². The number of carbonyl (C=O) groups is 1. The largest absolute Gasteiger partial charge is 0.497 e. The SMILES string of the molecule is COc1ccc(N[C@H](C(=O)c2ccccc2)c2ccc(C#Cc3ccccc3)cc2)cc1. The van der Waals surface area contributed by atoms with Gasteiger partial charge in [-0.25, -0.2) is 0 Å². The number of ether oxygens (including phenoxy) is 1. The van der Waals surface area contributed by atoms with Crippen LogP contribution in [0.5, 0.6) is 5.75 Å². The van der Waals surface area contributed by atoms with Gasteiger partial charge in [-0.2, -0.15) is 0 Å². The van der Waals surface area contributed by atoms with Crippen LogP contribution in [0.3, 0.4) is 0 Å². The van der Waals surface area contributed by atoms with E-state index >= 15 is 0 Å². The highest BCUT2D eigenvalue weighted by Crippen LogP contribution is 2.25. The van der Waals surface area contributed by atoms with Crippen molar-refractivity contribution >= 4 is 11.5 Å². The van der Waals surface area contributed by atoms with Crippen LogP contribution in [-0.4, -0.2) is 12.9 Å². The van der Waals surface area contributed by atoms with Gasteiger partial charge in [-0.05, 0) is 54.1 Å². The van der Waals surface area contributed by atoms with Gasteiger partial charge in [0.05, 0.1) is 7.11 Å². The Balaban J connectivity index is 1.61. The molecule has 32 heavy (non-hydrogen) atoms. The Morgan fingerprint density at radius 3 is 1.88 bits per heavy atom. The molecule has 0 heterocycles. The molecule has 0 unspecified atom stereocenters. The van der Waals surface area contributed by atoms with Gasteiger partial charge in [0.2, 0.25) is 0 Å². The minimum absolute atomic E-state index is 0.00420. The molecule has 3 nitrogen and oxygen atoms in total. The molecule has 3 heteroatoms. The number of hydrogen-bond acceptors (Lipinski definition) is 3. The molecule has 156 valence electrons. The van der Waals surface area contributed by atoms with Crippen molar-refractivity contribution in [2.75, 3.05) is 12.4 Å². The summed E-state index contributed by atoms with van der Waals surface area (Å²) in [5.74, 6) is 7.12. The summed E-state index contributed by atoms with van der Waals surface area (Å²) in [6.45, 7) is 0. The van der Waals surface area contributed by atoms with Gasteiger partial charge < -0.3 is 10.1 Å². The number of Topliss-reactive ketones (excluding diaryl/α,β-unsaturated/α-hetero) is 1. The first kappa shape index (κ1) is 21.0. The lowest BCUT2D eigenvalue weighted by molar-refractivity contribution is 0.0969. The third kappa shape index (κ3) is 5.24. The van der Waals surface area contributed by atoms with E-state index in [1.54, 1.807) is 7.11 Å². The molecule has 0 spiro atoms. The molecule has 1 N–H and O–H groups in total. The van der Waals surface area contributed by atoms with Crippen LogP contribution in [0.4, 0.5) is 5.69 Å². The molecule has 4 rings (SSSR count). The van der Waals surface area contributed by atoms with Gasteiger partial charge in [-0.15, -0.1) is 0 Å². The molecular formula is C29H23NO2. The molecular weight excluding hydrogens is 394 g/mol. The first-order chi connectivity index (χ1) is 15.7. The Bertz CT molecular complexity index is 1220. The molecule has 0 bridgehead atoms. The zero-order chi connectivity index (χ0) is 22.2. The summed E-state index contributed by atoms with van der Waals surface area (Å²) in [6.07, 6.45) is 0. The van der Waals surface area contributed by atoms with E-state index in [4.69, 9.17) is 4.74 Å². The summed E-state index contributed by atoms with van der Waals surface area (Å²) in [5.41, 5.74) is 4.24. The van der Waals surface area contributed by atoms with E-state index in [1.807, 2.05) is 109 Å². The van der Waals surface area contributed by atoms with Crippen molar-refractivity contribution in [3.8, 4) is 17.6 Å². The van der Waals surface area contributed by atoms with Gasteiger partial charge in [0.25, 0.3) is 0 Å². The first-order valence-electron chi connectivity index (χ1n) is 10.4. The summed E-state index contributed by atoms with van der Waals surface area (Å²) < 4.78 is 5.24. The molecule has 0 aliphatic rings. The number of benzene rings is 4. The Morgan fingerprint density at radius 1 is 0.719 bits per heavy atom. The van der Waals surface area contributed by atoms with Crippen molar-refractivity contribution in [3.05, 3.63) is 131 Å². The normalized spacial score (nSPS) is 11.0. The zero-order valence-corrected chi connectivity index (χ0v) is 17.8. The average molecular weight is 418 g/mol. The van der Waals surface area contributed by atoms with Crippen LogP contribution in [0.1, 0.15) is 33.1 Å². The molecule has 0 aliphatic carbocycles. The van der Waals surface area contributed by atoms with Crippen LogP contribution < -0.4 is 10.1 Å². The van der Waals surface area contributed by atoms with Crippen molar-refractivity contribution in [2.45, 2.75) is 6.04 Å². The lowest BCUT2D eigenvalue weighted by Crippen LogP contribution is -2.21. The van der Waals surface area contributed by atoms with E-state index in [0.717, 1.165) is 28.1 Å². The van der Waals surface area contributed by atoms with E-state index in [0.29, 0.717) is 5.56 Å². The van der Waals surface area contributed by atoms with Crippen LogP contribution in [0.25, 0.3) is 0 Å². The summed E-state index contributed by atoms with van der Waals surface area (Å²) in [7, 11) is 1.63. The van der Waals surface area contributed by atoms with Crippen molar-refractivity contribution in [3.63, 3.8) is 0 Å². The number of carbonyl (C=O) groups excluding carboxylic acids is 1. The van der Waals surface area contributed by atoms with E-state index < -0.39 is 6.04 Å². The third-order valence-electron chi connectivity index (χ3n) is 5.09. The second-order valence-electron chi connectivity index (χ2n) is 7.27. The van der Waals surface area contributed by atoms with Gasteiger partial charge >= 0.3 is 0 Å². The maximum atomic E-state index is 13.4. The second-order valence-corrected chi connectivity index (χ2v) is 7.27. The van der Waals surface area contributed by atoms with Crippen LogP contribution in [0, 0.1) is 11.8 Å². The molecule has 0 radical (unpaired) electrons. The first-order valence-corrected chi connectivity index (χ1v) is 10.4. The standard InChI is InChI=1S/C29H23NO2/c1-32-27-20-18-26(19-21-27)30-28(29(31)25-10-6-3-7-11-25)24-16-14-23(15-17-24)13-12-22-8-4-2-5-9-22/h2-11,14-21,28,30H,1H3/t28-/m0/s1. The molecule has 0 amide bonds. The fourth-order valence-corrected chi connectivity index (χ4v) is 3.35. The van der Waals surface area contributed by atoms with Crippen LogP contribution in [0.15, 0.2) is 109 Å². The molecule has 0 aliphatic heterocycles. The third-order valence-corrected chi connectivity index (χ3v) is 5.09. The number of ketones is 1. The lowest BCUT2D eigenvalue weighted by Gasteiger charge is -2.20. The number of anilines is 1. The van der Waals surface area contributed by atoms with Crippen LogP contribution >= 0.6 is 0 Å². The number of hydrogen-bond donors (Lipinski definition) is 1. The van der Waals surface area contributed by atoms with E-state index in [2.05, 4.69) is 17.2 Å². The molecule has 0 saturated carbocycles. The van der Waals surface area contributed by atoms with Crippen molar-refractivity contribution in [1.29, 1.82) is 0 Å². The number of rotatable bonds is 6. The maximum Gasteiger partial charge on any atom is 0.189 e. The maximum absolute atomic E-state index is 13.4. The average Bonchev–Trinajstić information content (AvgIpc) is 2.87. The summed E-state index contributed by atoms with van der Waals surface area (Å²) in [4.78, 5) is 13.4. The highest BCUT2D eigenvalue weighted by Gasteiger charge is 2.22. The summed E-state index contributed by atoms with van der Waals surface area (Å²) >= 11 is 0.